The standard InChI is InChI=1S/C5H14O6P2/c1-3-8-12(6)10-5-11-13(7)9-4-2/h12-13H,3-5H2,1-2H3. The summed E-state index contributed by atoms with van der Waals surface area (Å²) in [5.74, 6) is 0. The van der Waals surface area contributed by atoms with Crippen LogP contribution in [0.15, 0.2) is 0 Å². The monoisotopic (exact) mass is 232 g/mol. The van der Waals surface area contributed by atoms with Gasteiger partial charge in [0.05, 0.1) is 13.2 Å². The van der Waals surface area contributed by atoms with Crippen LogP contribution in [0.25, 0.3) is 0 Å². The van der Waals surface area contributed by atoms with Crippen molar-refractivity contribution in [1.29, 1.82) is 0 Å². The lowest BCUT2D eigenvalue weighted by Gasteiger charge is -2.04. The van der Waals surface area contributed by atoms with Gasteiger partial charge in [-0.15, -0.1) is 0 Å². The number of hydrogen-bond donors (Lipinski definition) is 0. The van der Waals surface area contributed by atoms with Gasteiger partial charge in [0.2, 0.25) is 0 Å². The summed E-state index contributed by atoms with van der Waals surface area (Å²) >= 11 is 0. The third-order valence-electron chi connectivity index (χ3n) is 0.878. The molecule has 0 aliphatic carbocycles. The minimum Gasteiger partial charge on any atom is -0.311 e. The van der Waals surface area contributed by atoms with E-state index in [0.29, 0.717) is 13.2 Å². The van der Waals surface area contributed by atoms with Crippen LogP contribution < -0.4 is 0 Å². The maximum atomic E-state index is 10.7. The van der Waals surface area contributed by atoms with E-state index in [0.717, 1.165) is 0 Å². The summed E-state index contributed by atoms with van der Waals surface area (Å²) in [6.07, 6.45) is 0. The fourth-order valence-electron chi connectivity index (χ4n) is 0.445. The van der Waals surface area contributed by atoms with Gasteiger partial charge in [0, 0.05) is 0 Å². The van der Waals surface area contributed by atoms with Crippen LogP contribution in [0, 0.1) is 0 Å². The van der Waals surface area contributed by atoms with Crippen LogP contribution in [0.4, 0.5) is 0 Å². The van der Waals surface area contributed by atoms with E-state index in [1.54, 1.807) is 13.8 Å². The Labute approximate surface area is 78.4 Å². The Balaban J connectivity index is 3.33. The van der Waals surface area contributed by atoms with Gasteiger partial charge in [-0.3, -0.25) is 18.2 Å². The van der Waals surface area contributed by atoms with Gasteiger partial charge in [-0.05, 0) is 13.8 Å². The van der Waals surface area contributed by atoms with Gasteiger partial charge in [-0.2, -0.15) is 0 Å². The third-order valence-corrected chi connectivity index (χ3v) is 2.63. The van der Waals surface area contributed by atoms with Gasteiger partial charge in [-0.1, -0.05) is 0 Å². The lowest BCUT2D eigenvalue weighted by atomic mass is 10.9. The molecule has 2 unspecified atom stereocenters. The summed E-state index contributed by atoms with van der Waals surface area (Å²) in [7, 11) is -5.01. The second-order valence-electron chi connectivity index (χ2n) is 1.77. The molecule has 0 aliphatic heterocycles. The van der Waals surface area contributed by atoms with E-state index >= 15 is 0 Å². The van der Waals surface area contributed by atoms with Crippen molar-refractivity contribution in [2.45, 2.75) is 13.8 Å². The van der Waals surface area contributed by atoms with Crippen LogP contribution in [-0.2, 0) is 27.2 Å². The average Bonchev–Trinajstić information content (AvgIpc) is 2.05. The molecule has 0 aromatic carbocycles. The van der Waals surface area contributed by atoms with Gasteiger partial charge in [0.25, 0.3) is 0 Å². The lowest BCUT2D eigenvalue weighted by molar-refractivity contribution is 0.0944. The van der Waals surface area contributed by atoms with Crippen molar-refractivity contribution < 1.29 is 27.2 Å². The second-order valence-corrected chi connectivity index (χ2v) is 3.93. The number of rotatable bonds is 8. The first-order valence-electron chi connectivity index (χ1n) is 3.79. The molecule has 0 saturated carbocycles. The first kappa shape index (κ1) is 13.3. The SMILES string of the molecule is CCO[PH](=O)OCO[PH](=O)OCC. The fourth-order valence-corrected chi connectivity index (χ4v) is 1.51. The molecule has 0 rings (SSSR count). The predicted octanol–water partition coefficient (Wildman–Crippen LogP) is 1.83. The van der Waals surface area contributed by atoms with Crippen molar-refractivity contribution in [2.75, 3.05) is 20.0 Å². The Morgan fingerprint density at radius 1 is 0.846 bits per heavy atom. The van der Waals surface area contributed by atoms with Crippen LogP contribution in [0.1, 0.15) is 13.8 Å². The van der Waals surface area contributed by atoms with E-state index in [2.05, 4.69) is 18.1 Å². The molecule has 0 aromatic heterocycles. The lowest BCUT2D eigenvalue weighted by Crippen LogP contribution is -1.91. The zero-order valence-corrected chi connectivity index (χ0v) is 9.57. The van der Waals surface area contributed by atoms with E-state index in [1.165, 1.54) is 0 Å². The minimum atomic E-state index is -2.50. The minimum absolute atomic E-state index is 0.304. The molecule has 8 heteroatoms. The molecule has 0 spiro atoms. The maximum absolute atomic E-state index is 10.7. The molecule has 0 amide bonds. The maximum Gasteiger partial charge on any atom is 0.321 e. The zero-order valence-electron chi connectivity index (χ0n) is 7.57. The Hall–Kier alpha value is 0.300. The van der Waals surface area contributed by atoms with Gasteiger partial charge >= 0.3 is 16.5 Å². The molecular weight excluding hydrogens is 218 g/mol. The summed E-state index contributed by atoms with van der Waals surface area (Å²) in [6.45, 7) is 3.65. The van der Waals surface area contributed by atoms with E-state index in [4.69, 9.17) is 0 Å². The van der Waals surface area contributed by atoms with Crippen molar-refractivity contribution in [3.8, 4) is 0 Å². The highest BCUT2D eigenvalue weighted by atomic mass is 31.1. The van der Waals surface area contributed by atoms with Gasteiger partial charge in [0.15, 0.2) is 6.79 Å². The zero-order chi connectivity index (χ0) is 10.1. The Morgan fingerprint density at radius 3 is 1.54 bits per heavy atom. The molecule has 2 atom stereocenters. The normalized spacial score (nSPS) is 15.5. The molecule has 13 heavy (non-hydrogen) atoms. The first-order valence-corrected chi connectivity index (χ1v) is 6.24. The molecule has 0 radical (unpaired) electrons. The van der Waals surface area contributed by atoms with Crippen LogP contribution in [0.2, 0.25) is 0 Å². The van der Waals surface area contributed by atoms with Crippen molar-refractivity contribution in [2.24, 2.45) is 0 Å². The van der Waals surface area contributed by atoms with Gasteiger partial charge in [-0.25, -0.2) is 0 Å². The summed E-state index contributed by atoms with van der Waals surface area (Å²) in [6, 6.07) is 0. The van der Waals surface area contributed by atoms with Crippen LogP contribution in [-0.4, -0.2) is 20.0 Å². The second kappa shape index (κ2) is 8.88. The smallest absolute Gasteiger partial charge is 0.311 e. The quantitative estimate of drug-likeness (QED) is 0.469. The molecule has 0 saturated heterocycles. The van der Waals surface area contributed by atoms with Crippen molar-refractivity contribution in [1.82, 2.24) is 0 Å². The molecule has 6 nitrogen and oxygen atoms in total. The Morgan fingerprint density at radius 2 is 1.23 bits per heavy atom. The molecular formula is C5H14O6P2. The summed E-state index contributed by atoms with van der Waals surface area (Å²) < 4.78 is 39.7. The topological polar surface area (TPSA) is 71.1 Å². The fraction of sp³-hybridized carbons (Fsp3) is 1.00. The molecule has 0 bridgehead atoms. The van der Waals surface area contributed by atoms with Gasteiger partial charge < -0.3 is 9.05 Å². The van der Waals surface area contributed by atoms with Gasteiger partial charge in [0.1, 0.15) is 0 Å². The van der Waals surface area contributed by atoms with Crippen molar-refractivity contribution in [3.05, 3.63) is 0 Å². The van der Waals surface area contributed by atoms with Crippen LogP contribution in [0.3, 0.4) is 0 Å². The predicted molar refractivity (Wildman–Crippen MR) is 48.3 cm³/mol. The summed E-state index contributed by atoms with van der Waals surface area (Å²) in [5.41, 5.74) is 0. The van der Waals surface area contributed by atoms with E-state index in [-0.39, 0.29) is 6.79 Å². The summed E-state index contributed by atoms with van der Waals surface area (Å²) in [4.78, 5) is 0. The molecule has 0 aliphatic rings. The number of hydrogen-bond acceptors (Lipinski definition) is 6. The highest BCUT2D eigenvalue weighted by Crippen LogP contribution is 2.28. The van der Waals surface area contributed by atoms with E-state index < -0.39 is 16.5 Å². The first-order chi connectivity index (χ1) is 6.20. The van der Waals surface area contributed by atoms with E-state index in [9.17, 15) is 9.13 Å². The van der Waals surface area contributed by atoms with Crippen molar-refractivity contribution >= 4 is 16.5 Å². The average molecular weight is 232 g/mol. The molecule has 0 N–H and O–H groups in total. The highest BCUT2D eigenvalue weighted by Gasteiger charge is 2.01. The Bertz CT molecular complexity index is 154. The van der Waals surface area contributed by atoms with Crippen LogP contribution >= 0.6 is 16.5 Å². The molecule has 0 aromatic rings. The highest BCUT2D eigenvalue weighted by molar-refractivity contribution is 7.34. The van der Waals surface area contributed by atoms with Crippen LogP contribution in [0.5, 0.6) is 0 Å². The largest absolute Gasteiger partial charge is 0.321 e. The van der Waals surface area contributed by atoms with E-state index in [1.807, 2.05) is 0 Å². The molecule has 0 fully saturated rings. The molecule has 0 heterocycles. The third kappa shape index (κ3) is 8.63. The van der Waals surface area contributed by atoms with Crippen molar-refractivity contribution in [3.63, 3.8) is 0 Å². The Kier molecular flexibility index (Phi) is 9.08. The summed E-state index contributed by atoms with van der Waals surface area (Å²) in [5, 5.41) is 0. The molecule has 80 valence electrons.